The molecule has 0 unspecified atom stereocenters. The van der Waals surface area contributed by atoms with Crippen LogP contribution in [0.1, 0.15) is 11.1 Å². The van der Waals surface area contributed by atoms with Gasteiger partial charge in [0.1, 0.15) is 11.5 Å². The number of methoxy groups -OCH3 is 2. The van der Waals surface area contributed by atoms with Crippen molar-refractivity contribution in [1.29, 1.82) is 0 Å². The fraction of sp³-hybridized carbons (Fsp3) is 0.0800. The lowest BCUT2D eigenvalue weighted by atomic mass is 9.83. The Hall–Kier alpha value is -4.92. The Bertz CT molecular complexity index is 2610. The Morgan fingerprint density at radius 3 is 0.926 bits per heavy atom. The summed E-state index contributed by atoms with van der Waals surface area (Å²) in [5.41, 5.74) is 11.8. The molecule has 9 rings (SSSR count). The van der Waals surface area contributed by atoms with Crippen molar-refractivity contribution in [3.05, 3.63) is 164 Å². The summed E-state index contributed by atoms with van der Waals surface area (Å²) in [6.07, 6.45) is 0. The van der Waals surface area contributed by atoms with Crippen molar-refractivity contribution < 1.29 is 9.47 Å². The topological polar surface area (TPSA) is 18.5 Å². The lowest BCUT2D eigenvalue weighted by Gasteiger charge is -2.23. The molecule has 0 saturated carbocycles. The molecule has 0 atom stereocenters. The summed E-state index contributed by atoms with van der Waals surface area (Å²) < 4.78 is 15.0. The minimum atomic E-state index is 0.767. The zero-order valence-electron chi connectivity index (χ0n) is 30.4. The highest BCUT2D eigenvalue weighted by Crippen LogP contribution is 2.52. The molecule has 0 aliphatic rings. The molecule has 0 spiro atoms. The Morgan fingerprint density at radius 1 is 0.352 bits per heavy atom. The standard InChI is InChI=1S/C50H36I2O2/c1-29-21-31(25-33(51)23-29)47-35-13-5-9-17-39(35)49(40-18-10-6-14-36(40)47)43-27-44(46(54-4)28-45(43)53-3)50-41-19-11-7-15-37(41)48(38-16-8-12-20-42(38)50)32-22-30(2)24-34(52)26-32/h5-28H,1-4H3. The molecule has 4 heteroatoms. The predicted molar refractivity (Wildman–Crippen MR) is 246 cm³/mol. The third kappa shape index (κ3) is 5.82. The fourth-order valence-electron chi connectivity index (χ4n) is 8.51. The van der Waals surface area contributed by atoms with Crippen LogP contribution in [0.3, 0.4) is 0 Å². The van der Waals surface area contributed by atoms with E-state index in [1.165, 1.54) is 83.6 Å². The average Bonchev–Trinajstić information content (AvgIpc) is 3.17. The van der Waals surface area contributed by atoms with Crippen LogP contribution in [0.15, 0.2) is 146 Å². The van der Waals surface area contributed by atoms with Crippen LogP contribution < -0.4 is 9.47 Å². The van der Waals surface area contributed by atoms with Gasteiger partial charge < -0.3 is 9.47 Å². The minimum Gasteiger partial charge on any atom is -0.496 e. The third-order valence-electron chi connectivity index (χ3n) is 10.6. The van der Waals surface area contributed by atoms with Crippen LogP contribution in [0.4, 0.5) is 0 Å². The first-order valence-electron chi connectivity index (χ1n) is 18.0. The number of halogens is 2. The van der Waals surface area contributed by atoms with E-state index in [4.69, 9.17) is 9.47 Å². The molecule has 0 aliphatic carbocycles. The zero-order chi connectivity index (χ0) is 37.1. The monoisotopic (exact) mass is 922 g/mol. The molecule has 9 aromatic carbocycles. The maximum absolute atomic E-state index is 6.27. The van der Waals surface area contributed by atoms with Crippen LogP contribution in [0.25, 0.3) is 87.6 Å². The third-order valence-corrected chi connectivity index (χ3v) is 11.8. The number of fused-ring (bicyclic) bond motifs is 4. The van der Waals surface area contributed by atoms with Crippen molar-refractivity contribution in [3.63, 3.8) is 0 Å². The van der Waals surface area contributed by atoms with Gasteiger partial charge in [-0.2, -0.15) is 0 Å². The van der Waals surface area contributed by atoms with Crippen LogP contribution in [0.2, 0.25) is 0 Å². The SMILES string of the molecule is COc1cc(OC)c(-c2c3ccccc3c(-c3cc(C)cc(I)c3)c3ccccc23)cc1-c1c2ccccc2c(-c2cc(C)cc(I)c2)c2ccccc12. The molecule has 0 N–H and O–H groups in total. The van der Waals surface area contributed by atoms with Gasteiger partial charge in [-0.1, -0.05) is 109 Å². The molecule has 262 valence electrons. The fourth-order valence-corrected chi connectivity index (χ4v) is 10.2. The van der Waals surface area contributed by atoms with Gasteiger partial charge in [0.05, 0.1) is 14.2 Å². The second kappa shape index (κ2) is 14.1. The number of hydrogen-bond acceptors (Lipinski definition) is 2. The van der Waals surface area contributed by atoms with Crippen molar-refractivity contribution >= 4 is 88.3 Å². The molecule has 0 fully saturated rings. The van der Waals surface area contributed by atoms with E-state index in [1.54, 1.807) is 14.2 Å². The summed E-state index contributed by atoms with van der Waals surface area (Å²) in [7, 11) is 3.52. The molecular formula is C50H36I2O2. The first-order chi connectivity index (χ1) is 26.3. The molecule has 9 aromatic rings. The second-order valence-corrected chi connectivity index (χ2v) is 16.5. The first kappa shape index (κ1) is 34.8. The number of benzene rings is 9. The van der Waals surface area contributed by atoms with Crippen LogP contribution in [0, 0.1) is 21.0 Å². The molecule has 0 radical (unpaired) electrons. The van der Waals surface area contributed by atoms with Crippen molar-refractivity contribution in [2.75, 3.05) is 14.2 Å². The Kier molecular flexibility index (Phi) is 9.06. The maximum Gasteiger partial charge on any atom is 0.130 e. The molecular weight excluding hydrogens is 886 g/mol. The molecule has 0 aromatic heterocycles. The first-order valence-corrected chi connectivity index (χ1v) is 20.2. The molecule has 0 aliphatic heterocycles. The highest BCUT2D eigenvalue weighted by Gasteiger charge is 2.24. The van der Waals surface area contributed by atoms with Gasteiger partial charge in [-0.15, -0.1) is 0 Å². The quantitative estimate of drug-likeness (QED) is 0.122. The smallest absolute Gasteiger partial charge is 0.130 e. The molecule has 0 bridgehead atoms. The molecule has 54 heavy (non-hydrogen) atoms. The van der Waals surface area contributed by atoms with E-state index in [9.17, 15) is 0 Å². The minimum absolute atomic E-state index is 0.767. The van der Waals surface area contributed by atoms with E-state index in [-0.39, 0.29) is 0 Å². The number of aryl methyl sites for hydroxylation is 2. The van der Waals surface area contributed by atoms with E-state index in [2.05, 4.69) is 205 Å². The summed E-state index contributed by atoms with van der Waals surface area (Å²) in [4.78, 5) is 0. The molecule has 0 amide bonds. The lowest BCUT2D eigenvalue weighted by molar-refractivity contribution is 0.396. The number of rotatable bonds is 6. The van der Waals surface area contributed by atoms with E-state index in [0.717, 1.165) is 33.8 Å². The van der Waals surface area contributed by atoms with Crippen molar-refractivity contribution in [2.24, 2.45) is 0 Å². The van der Waals surface area contributed by atoms with Gasteiger partial charge in [0.15, 0.2) is 0 Å². The summed E-state index contributed by atoms with van der Waals surface area (Å²) >= 11 is 4.87. The number of hydrogen-bond donors (Lipinski definition) is 0. The average molecular weight is 923 g/mol. The maximum atomic E-state index is 6.27. The van der Waals surface area contributed by atoms with Gasteiger partial charge in [-0.25, -0.2) is 0 Å². The van der Waals surface area contributed by atoms with Crippen LogP contribution in [0.5, 0.6) is 11.5 Å². The van der Waals surface area contributed by atoms with Crippen LogP contribution >= 0.6 is 45.2 Å². The van der Waals surface area contributed by atoms with E-state index in [1.807, 2.05) is 0 Å². The van der Waals surface area contributed by atoms with Gasteiger partial charge in [0.2, 0.25) is 0 Å². The van der Waals surface area contributed by atoms with Crippen molar-refractivity contribution in [2.45, 2.75) is 13.8 Å². The van der Waals surface area contributed by atoms with Gasteiger partial charge in [0, 0.05) is 35.5 Å². The molecule has 0 saturated heterocycles. The summed E-state index contributed by atoms with van der Waals surface area (Å²) in [5.74, 6) is 1.53. The predicted octanol–water partition coefficient (Wildman–Crippen LogP) is 14.8. The second-order valence-electron chi connectivity index (χ2n) is 14.0. The van der Waals surface area contributed by atoms with Crippen molar-refractivity contribution in [1.82, 2.24) is 0 Å². The van der Waals surface area contributed by atoms with Gasteiger partial charge >= 0.3 is 0 Å². The Balaban J connectivity index is 1.41. The van der Waals surface area contributed by atoms with E-state index < -0.39 is 0 Å². The van der Waals surface area contributed by atoms with Crippen molar-refractivity contribution in [3.8, 4) is 56.0 Å². The Labute approximate surface area is 343 Å². The summed E-state index contributed by atoms with van der Waals surface area (Å²) in [6, 6.07) is 53.3. The highest BCUT2D eigenvalue weighted by molar-refractivity contribution is 14.1. The molecule has 2 nitrogen and oxygen atoms in total. The van der Waals surface area contributed by atoms with Crippen LogP contribution in [-0.2, 0) is 0 Å². The van der Waals surface area contributed by atoms with Gasteiger partial charge in [-0.3, -0.25) is 0 Å². The van der Waals surface area contributed by atoms with Crippen LogP contribution in [-0.4, -0.2) is 14.2 Å². The highest BCUT2D eigenvalue weighted by atomic mass is 127. The van der Waals surface area contributed by atoms with E-state index >= 15 is 0 Å². The number of ether oxygens (including phenoxy) is 2. The normalized spacial score (nSPS) is 11.5. The van der Waals surface area contributed by atoms with E-state index in [0.29, 0.717) is 0 Å². The van der Waals surface area contributed by atoms with Gasteiger partial charge in [-0.05, 0) is 166 Å². The summed E-state index contributed by atoms with van der Waals surface area (Å²) in [6.45, 7) is 4.35. The van der Waals surface area contributed by atoms with Gasteiger partial charge in [0.25, 0.3) is 0 Å². The Morgan fingerprint density at radius 2 is 0.648 bits per heavy atom. The largest absolute Gasteiger partial charge is 0.496 e. The lowest BCUT2D eigenvalue weighted by Crippen LogP contribution is -1.98. The molecule has 0 heterocycles. The zero-order valence-corrected chi connectivity index (χ0v) is 34.7. The summed E-state index contributed by atoms with van der Waals surface area (Å²) in [5, 5.41) is 9.54.